The van der Waals surface area contributed by atoms with Crippen LogP contribution in [-0.4, -0.2) is 39.8 Å². The van der Waals surface area contributed by atoms with Crippen molar-refractivity contribution in [2.24, 2.45) is 0 Å². The van der Waals surface area contributed by atoms with Gasteiger partial charge in [-0.25, -0.2) is 8.42 Å². The summed E-state index contributed by atoms with van der Waals surface area (Å²) in [5.41, 5.74) is 1.07. The first-order valence-corrected chi connectivity index (χ1v) is 11.6. The van der Waals surface area contributed by atoms with E-state index in [9.17, 15) is 13.2 Å². The Labute approximate surface area is 185 Å². The van der Waals surface area contributed by atoms with Crippen LogP contribution in [0.25, 0.3) is 0 Å². The molecule has 2 aromatic carbocycles. The standard InChI is InChI=1S/C19H21Cl3N2O4S/c1-12-4-6-15(11-17(12)22)28-9-8-23-19(25)13(2)24(29(3,26)27)18-10-14(20)5-7-16(18)21/h4-7,10-11,13H,8-9H2,1-3H3,(H,23,25). The minimum absolute atomic E-state index is 0.134. The van der Waals surface area contributed by atoms with Crippen molar-refractivity contribution in [3.8, 4) is 5.75 Å². The summed E-state index contributed by atoms with van der Waals surface area (Å²) >= 11 is 18.2. The van der Waals surface area contributed by atoms with Gasteiger partial charge in [-0.2, -0.15) is 0 Å². The first kappa shape index (κ1) is 23.6. The van der Waals surface area contributed by atoms with Gasteiger partial charge in [-0.15, -0.1) is 0 Å². The van der Waals surface area contributed by atoms with Crippen LogP contribution < -0.4 is 14.4 Å². The highest BCUT2D eigenvalue weighted by Crippen LogP contribution is 2.32. The number of benzene rings is 2. The van der Waals surface area contributed by atoms with Crippen molar-refractivity contribution in [1.29, 1.82) is 0 Å². The van der Waals surface area contributed by atoms with E-state index >= 15 is 0 Å². The Bertz CT molecular complexity index is 999. The molecular formula is C19H21Cl3N2O4S. The van der Waals surface area contributed by atoms with E-state index in [1.807, 2.05) is 13.0 Å². The molecule has 158 valence electrons. The van der Waals surface area contributed by atoms with Crippen LogP contribution in [0.15, 0.2) is 36.4 Å². The quantitative estimate of drug-likeness (QED) is 0.573. The molecule has 0 bridgehead atoms. The number of nitrogens with one attached hydrogen (secondary N) is 1. The molecule has 2 aromatic rings. The molecular weight excluding hydrogens is 459 g/mol. The van der Waals surface area contributed by atoms with E-state index in [4.69, 9.17) is 39.5 Å². The molecule has 0 aliphatic carbocycles. The predicted molar refractivity (Wildman–Crippen MR) is 118 cm³/mol. The zero-order valence-electron chi connectivity index (χ0n) is 16.1. The second-order valence-corrected chi connectivity index (χ2v) is 9.49. The summed E-state index contributed by atoms with van der Waals surface area (Å²) in [6.07, 6.45) is 0.998. The maximum Gasteiger partial charge on any atom is 0.243 e. The van der Waals surface area contributed by atoms with Crippen LogP contribution in [0.4, 0.5) is 5.69 Å². The lowest BCUT2D eigenvalue weighted by molar-refractivity contribution is -0.121. The fraction of sp³-hybridized carbons (Fsp3) is 0.316. The number of carbonyl (C=O) groups excluding carboxylic acids is 1. The highest BCUT2D eigenvalue weighted by atomic mass is 35.5. The molecule has 1 amide bonds. The second kappa shape index (κ2) is 9.89. The normalized spacial score (nSPS) is 12.3. The van der Waals surface area contributed by atoms with Crippen LogP contribution >= 0.6 is 34.8 Å². The first-order chi connectivity index (χ1) is 13.5. The molecule has 0 saturated heterocycles. The molecule has 1 unspecified atom stereocenters. The highest BCUT2D eigenvalue weighted by Gasteiger charge is 2.30. The smallest absolute Gasteiger partial charge is 0.243 e. The first-order valence-electron chi connectivity index (χ1n) is 8.62. The molecule has 1 atom stereocenters. The van der Waals surface area contributed by atoms with Gasteiger partial charge < -0.3 is 10.1 Å². The average molecular weight is 480 g/mol. The topological polar surface area (TPSA) is 75.7 Å². The van der Waals surface area contributed by atoms with Crippen molar-refractivity contribution in [3.05, 3.63) is 57.0 Å². The molecule has 0 aromatic heterocycles. The molecule has 0 aliphatic rings. The van der Waals surface area contributed by atoms with Gasteiger partial charge in [0.1, 0.15) is 18.4 Å². The minimum atomic E-state index is -3.80. The van der Waals surface area contributed by atoms with Crippen molar-refractivity contribution >= 4 is 56.4 Å². The SMILES string of the molecule is Cc1ccc(OCCNC(=O)C(C)N(c2cc(Cl)ccc2Cl)S(C)(=O)=O)cc1Cl. The van der Waals surface area contributed by atoms with Crippen molar-refractivity contribution in [3.63, 3.8) is 0 Å². The summed E-state index contributed by atoms with van der Waals surface area (Å²) in [5, 5.41) is 3.71. The summed E-state index contributed by atoms with van der Waals surface area (Å²) in [6.45, 7) is 3.71. The number of sulfonamides is 1. The Balaban J connectivity index is 2.04. The Morgan fingerprint density at radius 3 is 2.45 bits per heavy atom. The molecule has 0 heterocycles. The molecule has 0 aliphatic heterocycles. The number of hydrogen-bond acceptors (Lipinski definition) is 4. The number of nitrogens with zero attached hydrogens (tertiary/aromatic N) is 1. The number of rotatable bonds is 8. The average Bonchev–Trinajstić information content (AvgIpc) is 2.63. The van der Waals surface area contributed by atoms with Crippen molar-refractivity contribution in [1.82, 2.24) is 5.32 Å². The zero-order valence-corrected chi connectivity index (χ0v) is 19.2. The van der Waals surface area contributed by atoms with E-state index in [1.54, 1.807) is 12.1 Å². The zero-order chi connectivity index (χ0) is 21.8. The second-order valence-electron chi connectivity index (χ2n) is 6.38. The third-order valence-corrected chi connectivity index (χ3v) is 6.24. The van der Waals surface area contributed by atoms with E-state index in [0.717, 1.165) is 16.1 Å². The van der Waals surface area contributed by atoms with Gasteiger partial charge in [-0.1, -0.05) is 40.9 Å². The van der Waals surface area contributed by atoms with E-state index < -0.39 is 22.0 Å². The summed E-state index contributed by atoms with van der Waals surface area (Å²) in [5.74, 6) is 0.0726. The summed E-state index contributed by atoms with van der Waals surface area (Å²) in [6, 6.07) is 8.66. The fourth-order valence-electron chi connectivity index (χ4n) is 2.59. The van der Waals surface area contributed by atoms with Crippen LogP contribution in [0, 0.1) is 6.92 Å². The highest BCUT2D eigenvalue weighted by molar-refractivity contribution is 7.92. The molecule has 0 radical (unpaired) electrons. The molecule has 29 heavy (non-hydrogen) atoms. The lowest BCUT2D eigenvalue weighted by Gasteiger charge is -2.29. The number of hydrogen-bond donors (Lipinski definition) is 1. The third kappa shape index (κ3) is 6.40. The Kier molecular flexibility index (Phi) is 8.05. The van der Waals surface area contributed by atoms with Gasteiger partial charge >= 0.3 is 0 Å². The molecule has 10 heteroatoms. The summed E-state index contributed by atoms with van der Waals surface area (Å²) < 4.78 is 31.1. The summed E-state index contributed by atoms with van der Waals surface area (Å²) in [7, 11) is -3.80. The Morgan fingerprint density at radius 2 is 1.83 bits per heavy atom. The van der Waals surface area contributed by atoms with Crippen LogP contribution in [0.1, 0.15) is 12.5 Å². The Hall–Kier alpha value is -1.67. The van der Waals surface area contributed by atoms with E-state index in [0.29, 0.717) is 15.8 Å². The van der Waals surface area contributed by atoms with Crippen molar-refractivity contribution < 1.29 is 17.9 Å². The van der Waals surface area contributed by atoms with Crippen molar-refractivity contribution in [2.45, 2.75) is 19.9 Å². The third-order valence-electron chi connectivity index (χ3n) is 4.05. The maximum atomic E-state index is 12.5. The lowest BCUT2D eigenvalue weighted by Crippen LogP contribution is -2.48. The number of amides is 1. The molecule has 2 rings (SSSR count). The van der Waals surface area contributed by atoms with Gasteiger partial charge in [-0.05, 0) is 49.7 Å². The van der Waals surface area contributed by atoms with Gasteiger partial charge in [0, 0.05) is 10.0 Å². The van der Waals surface area contributed by atoms with E-state index in [-0.39, 0.29) is 23.9 Å². The van der Waals surface area contributed by atoms with E-state index in [2.05, 4.69) is 5.32 Å². The Morgan fingerprint density at radius 1 is 1.14 bits per heavy atom. The van der Waals surface area contributed by atoms with Gasteiger partial charge in [0.2, 0.25) is 15.9 Å². The number of halogens is 3. The van der Waals surface area contributed by atoms with Gasteiger partial charge in [0.25, 0.3) is 0 Å². The van der Waals surface area contributed by atoms with Gasteiger partial charge in [0.15, 0.2) is 0 Å². The van der Waals surface area contributed by atoms with Crippen molar-refractivity contribution in [2.75, 3.05) is 23.7 Å². The molecule has 0 spiro atoms. The molecule has 6 nitrogen and oxygen atoms in total. The number of carbonyl (C=O) groups is 1. The van der Waals surface area contributed by atoms with Gasteiger partial charge in [0.05, 0.1) is 23.5 Å². The number of ether oxygens (including phenoxy) is 1. The van der Waals surface area contributed by atoms with Gasteiger partial charge in [-0.3, -0.25) is 9.10 Å². The van der Waals surface area contributed by atoms with E-state index in [1.165, 1.54) is 25.1 Å². The molecule has 0 saturated carbocycles. The summed E-state index contributed by atoms with van der Waals surface area (Å²) in [4.78, 5) is 12.5. The molecule has 0 fully saturated rings. The van der Waals surface area contributed by atoms with Crippen LogP contribution in [0.3, 0.4) is 0 Å². The number of aryl methyl sites for hydroxylation is 1. The fourth-order valence-corrected chi connectivity index (χ4v) is 4.36. The lowest BCUT2D eigenvalue weighted by atomic mass is 10.2. The monoisotopic (exact) mass is 478 g/mol. The molecule has 1 N–H and O–H groups in total. The number of anilines is 1. The predicted octanol–water partition coefficient (Wildman–Crippen LogP) is 4.30. The maximum absolute atomic E-state index is 12.5. The van der Waals surface area contributed by atoms with Crippen LogP contribution in [-0.2, 0) is 14.8 Å². The van der Waals surface area contributed by atoms with Crippen LogP contribution in [0.2, 0.25) is 15.1 Å². The minimum Gasteiger partial charge on any atom is -0.492 e. The largest absolute Gasteiger partial charge is 0.492 e. The van der Waals surface area contributed by atoms with Crippen LogP contribution in [0.5, 0.6) is 5.75 Å².